The largest absolute Gasteiger partial charge is 0.481 e. The lowest BCUT2D eigenvalue weighted by molar-refractivity contribution is -0.143. The molecular weight excluding hydrogens is 494 g/mol. The zero-order valence-electron chi connectivity index (χ0n) is 19.3. The van der Waals surface area contributed by atoms with Crippen molar-refractivity contribution in [1.82, 2.24) is 20.9 Å². The highest BCUT2D eigenvalue weighted by molar-refractivity contribution is 7.80. The molecule has 0 aliphatic rings. The van der Waals surface area contributed by atoms with Crippen LogP contribution in [0.5, 0.6) is 0 Å². The van der Waals surface area contributed by atoms with Crippen molar-refractivity contribution >= 4 is 53.2 Å². The summed E-state index contributed by atoms with van der Waals surface area (Å²) in [6.45, 7) is 1.24. The number of aromatic amines is 1. The molecular formula is C22H29N5O8S. The van der Waals surface area contributed by atoms with Crippen molar-refractivity contribution in [2.75, 3.05) is 5.75 Å². The van der Waals surface area contributed by atoms with Gasteiger partial charge in [-0.05, 0) is 18.6 Å². The normalized spacial score (nSPS) is 15.2. The van der Waals surface area contributed by atoms with E-state index in [1.54, 1.807) is 18.3 Å². The molecule has 0 fully saturated rings. The second kappa shape index (κ2) is 12.9. The van der Waals surface area contributed by atoms with Crippen molar-refractivity contribution < 1.29 is 39.3 Å². The summed E-state index contributed by atoms with van der Waals surface area (Å²) in [7, 11) is 0. The van der Waals surface area contributed by atoms with E-state index in [0.717, 1.165) is 10.9 Å². The number of nitrogens with one attached hydrogen (secondary N) is 4. The lowest BCUT2D eigenvalue weighted by atomic mass is 10.0. The van der Waals surface area contributed by atoms with Gasteiger partial charge in [0.1, 0.15) is 24.2 Å². The molecule has 14 heteroatoms. The summed E-state index contributed by atoms with van der Waals surface area (Å²) in [5, 5.41) is 35.7. The molecule has 0 bridgehead atoms. The van der Waals surface area contributed by atoms with E-state index in [4.69, 9.17) is 10.8 Å². The summed E-state index contributed by atoms with van der Waals surface area (Å²) < 4.78 is 0. The fourth-order valence-electron chi connectivity index (χ4n) is 3.33. The molecule has 0 saturated heterocycles. The third kappa shape index (κ3) is 7.69. The van der Waals surface area contributed by atoms with Gasteiger partial charge in [0.05, 0.1) is 12.5 Å². The number of thiol groups is 1. The lowest BCUT2D eigenvalue weighted by Crippen LogP contribution is -2.59. The number of carbonyl (C=O) groups excluding carboxylic acids is 3. The number of aliphatic hydroxyl groups excluding tert-OH is 1. The Balaban J connectivity index is 2.11. The number of carboxylic acids is 2. The van der Waals surface area contributed by atoms with Crippen LogP contribution in [0.4, 0.5) is 0 Å². The van der Waals surface area contributed by atoms with Gasteiger partial charge >= 0.3 is 11.9 Å². The Morgan fingerprint density at radius 3 is 2.14 bits per heavy atom. The second-order valence-electron chi connectivity index (χ2n) is 8.13. The molecule has 196 valence electrons. The molecule has 0 aliphatic heterocycles. The monoisotopic (exact) mass is 523 g/mol. The maximum absolute atomic E-state index is 12.8. The molecule has 0 aliphatic carbocycles. The van der Waals surface area contributed by atoms with Crippen LogP contribution in [0, 0.1) is 0 Å². The van der Waals surface area contributed by atoms with Crippen molar-refractivity contribution in [3.63, 3.8) is 0 Å². The van der Waals surface area contributed by atoms with Crippen LogP contribution < -0.4 is 21.7 Å². The summed E-state index contributed by atoms with van der Waals surface area (Å²) in [6.07, 6.45) is -0.502. The highest BCUT2D eigenvalue weighted by Crippen LogP contribution is 2.19. The number of rotatable bonds is 13. The van der Waals surface area contributed by atoms with Crippen molar-refractivity contribution in [1.29, 1.82) is 0 Å². The Hall–Kier alpha value is -3.62. The molecule has 1 heterocycles. The Morgan fingerprint density at radius 2 is 1.56 bits per heavy atom. The molecule has 36 heavy (non-hydrogen) atoms. The van der Waals surface area contributed by atoms with Crippen LogP contribution in [0.1, 0.15) is 18.9 Å². The molecule has 5 atom stereocenters. The van der Waals surface area contributed by atoms with Crippen LogP contribution in [-0.4, -0.2) is 86.0 Å². The van der Waals surface area contributed by atoms with Crippen LogP contribution in [0.15, 0.2) is 30.5 Å². The minimum absolute atomic E-state index is 0.0484. The van der Waals surface area contributed by atoms with Gasteiger partial charge in [0, 0.05) is 29.3 Å². The van der Waals surface area contributed by atoms with Crippen LogP contribution >= 0.6 is 12.6 Å². The second-order valence-corrected chi connectivity index (χ2v) is 8.50. The van der Waals surface area contributed by atoms with Gasteiger partial charge in [-0.25, -0.2) is 4.79 Å². The van der Waals surface area contributed by atoms with Crippen LogP contribution in [0.2, 0.25) is 0 Å². The maximum Gasteiger partial charge on any atom is 0.326 e. The van der Waals surface area contributed by atoms with Gasteiger partial charge in [0.25, 0.3) is 0 Å². The van der Waals surface area contributed by atoms with Gasteiger partial charge < -0.3 is 42.0 Å². The van der Waals surface area contributed by atoms with Crippen molar-refractivity contribution in [2.24, 2.45) is 5.73 Å². The molecule has 0 saturated carbocycles. The molecule has 5 unspecified atom stereocenters. The summed E-state index contributed by atoms with van der Waals surface area (Å²) in [4.78, 5) is 63.6. The predicted octanol–water partition coefficient (Wildman–Crippen LogP) is -1.64. The highest BCUT2D eigenvalue weighted by atomic mass is 32.1. The standard InChI is InChI=1S/C22H29N5O8S/c1-10(28)18(23)21(33)25-14(7-17(29)30)19(31)27-16(9-36)20(32)26-15(22(34)35)6-11-8-24-13-5-3-2-4-12(11)13/h2-5,8,10,14-16,18,24,28,36H,6-7,9,23H2,1H3,(H,25,33)(H,26,32)(H,27,31)(H,29,30)(H,34,35). The molecule has 1 aromatic heterocycles. The minimum atomic E-state index is -1.61. The Kier molecular flexibility index (Phi) is 10.3. The SMILES string of the molecule is CC(O)C(N)C(=O)NC(CC(=O)O)C(=O)NC(CS)C(=O)NC(Cc1c[nH]c2ccccc12)C(=O)O. The topological polar surface area (TPSA) is 224 Å². The Bertz CT molecular complexity index is 1120. The number of aromatic nitrogens is 1. The number of benzene rings is 1. The number of hydrogen-bond acceptors (Lipinski definition) is 8. The number of para-hydroxylation sites is 1. The fourth-order valence-corrected chi connectivity index (χ4v) is 3.59. The third-order valence-electron chi connectivity index (χ3n) is 5.36. The molecule has 13 nitrogen and oxygen atoms in total. The molecule has 0 radical (unpaired) electrons. The van der Waals surface area contributed by atoms with Crippen LogP contribution in [-0.2, 0) is 30.4 Å². The minimum Gasteiger partial charge on any atom is -0.481 e. The molecule has 9 N–H and O–H groups in total. The smallest absolute Gasteiger partial charge is 0.326 e. The van der Waals surface area contributed by atoms with E-state index >= 15 is 0 Å². The van der Waals surface area contributed by atoms with E-state index in [-0.39, 0.29) is 12.2 Å². The first-order chi connectivity index (χ1) is 16.9. The van der Waals surface area contributed by atoms with E-state index in [2.05, 4.69) is 33.6 Å². The first kappa shape index (κ1) is 28.6. The van der Waals surface area contributed by atoms with E-state index in [0.29, 0.717) is 5.56 Å². The number of carbonyl (C=O) groups is 5. The maximum atomic E-state index is 12.8. The number of nitrogens with two attached hydrogens (primary N) is 1. The number of hydrogen-bond donors (Lipinski definition) is 9. The average Bonchev–Trinajstić information content (AvgIpc) is 3.23. The molecule has 0 spiro atoms. The van der Waals surface area contributed by atoms with Crippen LogP contribution in [0.3, 0.4) is 0 Å². The third-order valence-corrected chi connectivity index (χ3v) is 5.73. The summed E-state index contributed by atoms with van der Waals surface area (Å²) in [6, 6.07) is 1.52. The van der Waals surface area contributed by atoms with Gasteiger partial charge in [-0.2, -0.15) is 12.6 Å². The van der Waals surface area contributed by atoms with Gasteiger partial charge in [-0.15, -0.1) is 0 Å². The van der Waals surface area contributed by atoms with Gasteiger partial charge in [0.2, 0.25) is 17.7 Å². The Morgan fingerprint density at radius 1 is 0.972 bits per heavy atom. The number of amides is 3. The number of aliphatic carboxylic acids is 2. The first-order valence-electron chi connectivity index (χ1n) is 10.9. The molecule has 3 amide bonds. The fraction of sp³-hybridized carbons (Fsp3) is 0.409. The number of fused-ring (bicyclic) bond motifs is 1. The lowest BCUT2D eigenvalue weighted by Gasteiger charge is -2.24. The zero-order chi connectivity index (χ0) is 27.0. The van der Waals surface area contributed by atoms with Crippen molar-refractivity contribution in [3.8, 4) is 0 Å². The highest BCUT2D eigenvalue weighted by Gasteiger charge is 2.32. The van der Waals surface area contributed by atoms with Crippen molar-refractivity contribution in [3.05, 3.63) is 36.0 Å². The summed E-state index contributed by atoms with van der Waals surface area (Å²) in [5.74, 6) is -5.84. The van der Waals surface area contributed by atoms with E-state index in [1.165, 1.54) is 6.92 Å². The summed E-state index contributed by atoms with van der Waals surface area (Å²) >= 11 is 4.02. The van der Waals surface area contributed by atoms with E-state index in [1.807, 2.05) is 12.1 Å². The van der Waals surface area contributed by atoms with E-state index in [9.17, 15) is 34.2 Å². The van der Waals surface area contributed by atoms with Crippen molar-refractivity contribution in [2.45, 2.75) is 50.0 Å². The zero-order valence-corrected chi connectivity index (χ0v) is 20.2. The predicted molar refractivity (Wildman–Crippen MR) is 131 cm³/mol. The van der Waals surface area contributed by atoms with Gasteiger partial charge in [-0.3, -0.25) is 19.2 Å². The molecule has 1 aromatic carbocycles. The number of aliphatic hydroxyl groups is 1. The number of carboxylic acid groups (broad SMARTS) is 2. The van der Waals surface area contributed by atoms with Gasteiger partial charge in [-0.1, -0.05) is 18.2 Å². The molecule has 2 aromatic rings. The van der Waals surface area contributed by atoms with E-state index < -0.39 is 66.4 Å². The summed E-state index contributed by atoms with van der Waals surface area (Å²) in [5.41, 5.74) is 6.97. The molecule has 2 rings (SSSR count). The quantitative estimate of drug-likeness (QED) is 0.137. The van der Waals surface area contributed by atoms with Crippen LogP contribution in [0.25, 0.3) is 10.9 Å². The average molecular weight is 524 g/mol. The number of H-pyrrole nitrogens is 1. The first-order valence-corrected chi connectivity index (χ1v) is 11.5. The van der Waals surface area contributed by atoms with Gasteiger partial charge in [0.15, 0.2) is 0 Å². The Labute approximate surface area is 211 Å².